The molecule has 0 aromatic heterocycles. The van der Waals surface area contributed by atoms with Crippen molar-refractivity contribution in [2.75, 3.05) is 0 Å². The molecular formula is C18H25N. The minimum absolute atomic E-state index is 0.325. The molecule has 11 bridgehead atoms. The van der Waals surface area contributed by atoms with Crippen LogP contribution < -0.4 is 5.73 Å². The predicted octanol–water partition coefficient (Wildman–Crippen LogP) is 3.04. The van der Waals surface area contributed by atoms with Gasteiger partial charge in [0.1, 0.15) is 0 Å². The third kappa shape index (κ3) is 0.698. The highest BCUT2D eigenvalue weighted by Crippen LogP contribution is 2.85. The summed E-state index contributed by atoms with van der Waals surface area (Å²) in [4.78, 5) is 0. The minimum atomic E-state index is 0.325. The van der Waals surface area contributed by atoms with Gasteiger partial charge in [0.25, 0.3) is 0 Å². The van der Waals surface area contributed by atoms with Crippen LogP contribution in [-0.2, 0) is 0 Å². The first kappa shape index (κ1) is 9.82. The van der Waals surface area contributed by atoms with Gasteiger partial charge in [-0.25, -0.2) is 0 Å². The van der Waals surface area contributed by atoms with E-state index in [-0.39, 0.29) is 0 Å². The molecule has 1 nitrogen and oxygen atoms in total. The Labute approximate surface area is 115 Å². The smallest absolute Gasteiger partial charge is 0.0277 e. The molecule has 0 radical (unpaired) electrons. The SMILES string of the molecule is NC12C3CC4CC5C3CC3C6CC(CC31)CC2(C4)C56. The van der Waals surface area contributed by atoms with E-state index in [0.29, 0.717) is 11.0 Å². The van der Waals surface area contributed by atoms with Crippen molar-refractivity contribution in [1.29, 1.82) is 0 Å². The molecule has 0 aromatic carbocycles. The second kappa shape index (κ2) is 2.45. The van der Waals surface area contributed by atoms with Gasteiger partial charge in [-0.2, -0.15) is 0 Å². The second-order valence-electron chi connectivity index (χ2n) is 9.80. The Morgan fingerprint density at radius 2 is 1.26 bits per heavy atom. The van der Waals surface area contributed by atoms with Gasteiger partial charge in [-0.1, -0.05) is 0 Å². The molecule has 10 rings (SSSR count). The third-order valence-electron chi connectivity index (χ3n) is 10.0. The second-order valence-corrected chi connectivity index (χ2v) is 9.80. The van der Waals surface area contributed by atoms with Crippen molar-refractivity contribution < 1.29 is 0 Å². The quantitative estimate of drug-likeness (QED) is 0.707. The highest BCUT2D eigenvalue weighted by atomic mass is 15.0. The average molecular weight is 255 g/mol. The molecule has 10 aliphatic carbocycles. The van der Waals surface area contributed by atoms with Crippen LogP contribution >= 0.6 is 0 Å². The zero-order valence-corrected chi connectivity index (χ0v) is 11.7. The summed E-state index contributed by atoms with van der Waals surface area (Å²) in [7, 11) is 0. The van der Waals surface area contributed by atoms with Crippen LogP contribution in [0.4, 0.5) is 0 Å². The van der Waals surface area contributed by atoms with Crippen LogP contribution in [0, 0.1) is 58.7 Å². The standard InChI is InChI=1S/C18H25N/c19-18-14-3-8-1-12-10(14)5-11-13-2-9(4-15(11)18)7-17(18,6-8)16(12)13/h8-16H,1-7,19H2. The Balaban J connectivity index is 1.59. The first-order chi connectivity index (χ1) is 9.22. The number of rotatable bonds is 0. The lowest BCUT2D eigenvalue weighted by molar-refractivity contribution is -0.356. The lowest BCUT2D eigenvalue weighted by Gasteiger charge is -2.86. The van der Waals surface area contributed by atoms with Gasteiger partial charge in [-0.05, 0) is 104 Å². The van der Waals surface area contributed by atoms with Gasteiger partial charge in [0.15, 0.2) is 0 Å². The average Bonchev–Trinajstić information content (AvgIpc) is 2.40. The summed E-state index contributed by atoms with van der Waals surface area (Å²) in [5.41, 5.74) is 8.36. The zero-order valence-electron chi connectivity index (χ0n) is 11.7. The summed E-state index contributed by atoms with van der Waals surface area (Å²) in [6, 6.07) is 0. The Morgan fingerprint density at radius 3 is 1.84 bits per heavy atom. The van der Waals surface area contributed by atoms with Gasteiger partial charge in [-0.3, -0.25) is 0 Å². The summed E-state index contributed by atoms with van der Waals surface area (Å²) in [6.07, 6.45) is 11.0. The van der Waals surface area contributed by atoms with Crippen molar-refractivity contribution in [1.82, 2.24) is 0 Å². The zero-order chi connectivity index (χ0) is 12.1. The molecule has 1 heteroatoms. The van der Waals surface area contributed by atoms with Crippen molar-refractivity contribution in [3.05, 3.63) is 0 Å². The van der Waals surface area contributed by atoms with Gasteiger partial charge < -0.3 is 5.73 Å². The maximum atomic E-state index is 7.38. The van der Waals surface area contributed by atoms with E-state index in [2.05, 4.69) is 0 Å². The van der Waals surface area contributed by atoms with E-state index in [1.807, 2.05) is 0 Å². The van der Waals surface area contributed by atoms with Crippen molar-refractivity contribution in [3.63, 3.8) is 0 Å². The molecule has 0 saturated heterocycles. The van der Waals surface area contributed by atoms with Crippen molar-refractivity contribution in [2.24, 2.45) is 64.4 Å². The lowest BCUT2D eigenvalue weighted by Crippen LogP contribution is -2.87. The number of hydrogen-bond acceptors (Lipinski definition) is 1. The van der Waals surface area contributed by atoms with Crippen LogP contribution in [0.1, 0.15) is 44.9 Å². The molecule has 8 unspecified atom stereocenters. The highest BCUT2D eigenvalue weighted by molar-refractivity contribution is 5.34. The van der Waals surface area contributed by atoms with E-state index in [1.54, 1.807) is 32.1 Å². The maximum Gasteiger partial charge on any atom is 0.0277 e. The molecule has 10 aliphatic rings. The van der Waals surface area contributed by atoms with Gasteiger partial charge in [0.2, 0.25) is 0 Å². The summed E-state index contributed by atoms with van der Waals surface area (Å²) >= 11 is 0. The summed E-state index contributed by atoms with van der Waals surface area (Å²) < 4.78 is 0. The molecule has 10 fully saturated rings. The van der Waals surface area contributed by atoms with Crippen molar-refractivity contribution >= 4 is 0 Å². The molecule has 1 spiro atoms. The molecule has 102 valence electrons. The molecule has 0 aromatic rings. The summed E-state index contributed by atoms with van der Waals surface area (Å²) in [5.74, 6) is 9.62. The van der Waals surface area contributed by atoms with Crippen LogP contribution in [-0.4, -0.2) is 5.54 Å². The van der Waals surface area contributed by atoms with Crippen LogP contribution in [0.5, 0.6) is 0 Å². The molecule has 19 heavy (non-hydrogen) atoms. The van der Waals surface area contributed by atoms with Gasteiger partial charge >= 0.3 is 0 Å². The predicted molar refractivity (Wildman–Crippen MR) is 73.1 cm³/mol. The van der Waals surface area contributed by atoms with E-state index in [9.17, 15) is 0 Å². The van der Waals surface area contributed by atoms with Gasteiger partial charge in [0, 0.05) is 5.54 Å². The highest BCUT2D eigenvalue weighted by Gasteiger charge is 2.82. The summed E-state index contributed by atoms with van der Waals surface area (Å²) in [5, 5.41) is 0. The van der Waals surface area contributed by atoms with Gasteiger partial charge in [-0.15, -0.1) is 0 Å². The molecule has 0 aliphatic heterocycles. The fourth-order valence-electron chi connectivity index (χ4n) is 10.4. The third-order valence-corrected chi connectivity index (χ3v) is 10.0. The Kier molecular flexibility index (Phi) is 1.26. The normalized spacial score (nSPS) is 80.4. The first-order valence-electron chi connectivity index (χ1n) is 9.01. The fraction of sp³-hybridized carbons (Fsp3) is 1.00. The number of nitrogens with two attached hydrogens (primary N) is 1. The lowest BCUT2D eigenvalue weighted by atomic mass is 9.19. The van der Waals surface area contributed by atoms with E-state index < -0.39 is 0 Å². The Hall–Kier alpha value is -0.0400. The minimum Gasteiger partial charge on any atom is -0.324 e. The van der Waals surface area contributed by atoms with Gasteiger partial charge in [0.05, 0.1) is 0 Å². The topological polar surface area (TPSA) is 26.0 Å². The number of hydrogen-bond donors (Lipinski definition) is 1. The molecule has 8 atom stereocenters. The maximum absolute atomic E-state index is 7.38. The van der Waals surface area contributed by atoms with E-state index in [4.69, 9.17) is 5.73 Å². The summed E-state index contributed by atoms with van der Waals surface area (Å²) in [6.45, 7) is 0. The molecule has 10 saturated carbocycles. The first-order valence-corrected chi connectivity index (χ1v) is 9.01. The molecule has 0 amide bonds. The van der Waals surface area contributed by atoms with Crippen LogP contribution in [0.15, 0.2) is 0 Å². The van der Waals surface area contributed by atoms with E-state index >= 15 is 0 Å². The Morgan fingerprint density at radius 1 is 0.684 bits per heavy atom. The van der Waals surface area contributed by atoms with Crippen molar-refractivity contribution in [3.8, 4) is 0 Å². The fourth-order valence-corrected chi connectivity index (χ4v) is 10.4. The Bertz CT molecular complexity index is 474. The molecule has 0 heterocycles. The largest absolute Gasteiger partial charge is 0.324 e. The van der Waals surface area contributed by atoms with Crippen LogP contribution in [0.3, 0.4) is 0 Å². The van der Waals surface area contributed by atoms with Crippen LogP contribution in [0.2, 0.25) is 0 Å². The van der Waals surface area contributed by atoms with Crippen LogP contribution in [0.25, 0.3) is 0 Å². The van der Waals surface area contributed by atoms with Crippen molar-refractivity contribution in [2.45, 2.75) is 50.5 Å². The van der Waals surface area contributed by atoms with E-state index in [1.165, 1.54) is 12.8 Å². The monoisotopic (exact) mass is 255 g/mol. The molecule has 2 N–H and O–H groups in total. The van der Waals surface area contributed by atoms with E-state index in [0.717, 1.165) is 53.3 Å². The molecular weight excluding hydrogens is 230 g/mol.